The zero-order chi connectivity index (χ0) is 23.1. The molecule has 34 heavy (non-hydrogen) atoms. The highest BCUT2D eigenvalue weighted by atomic mass is 32.1. The standard InChI is InChI=1S/C25H25N7OS/c1-32-13-10-18(31-32)21-19(15-6-4-3-5-7-15)20-22(28-16-8-9-17(14-16)33-2)29-24(30-25(20)34-21)23-26-11-12-27-23/h3-7,10-13,16-17H,8-9,14H2,1-2H3,(H,26,27)(H,28,29,30)/t16-,17+/m1/s1. The van der Waals surface area contributed by atoms with Crippen LogP contribution in [0.4, 0.5) is 5.82 Å². The number of anilines is 1. The van der Waals surface area contributed by atoms with E-state index < -0.39 is 0 Å². The molecule has 4 aromatic heterocycles. The number of aromatic nitrogens is 6. The van der Waals surface area contributed by atoms with Crippen molar-refractivity contribution in [3.63, 3.8) is 0 Å². The van der Waals surface area contributed by atoms with E-state index in [1.54, 1.807) is 30.8 Å². The van der Waals surface area contributed by atoms with Gasteiger partial charge < -0.3 is 15.0 Å². The Morgan fingerprint density at radius 2 is 2.03 bits per heavy atom. The van der Waals surface area contributed by atoms with Crippen LogP contribution in [0.15, 0.2) is 55.0 Å². The largest absolute Gasteiger partial charge is 0.381 e. The summed E-state index contributed by atoms with van der Waals surface area (Å²) in [7, 11) is 3.73. The van der Waals surface area contributed by atoms with Crippen molar-refractivity contribution in [3.8, 4) is 33.3 Å². The Kier molecular flexibility index (Phi) is 5.35. The van der Waals surface area contributed by atoms with E-state index in [1.807, 2.05) is 30.1 Å². The van der Waals surface area contributed by atoms with E-state index in [1.165, 1.54) is 0 Å². The molecule has 0 unspecified atom stereocenters. The number of imidazole rings is 1. The maximum atomic E-state index is 5.61. The number of fused-ring (bicyclic) bond motifs is 1. The summed E-state index contributed by atoms with van der Waals surface area (Å²) in [4.78, 5) is 19.5. The van der Waals surface area contributed by atoms with Gasteiger partial charge in [-0.1, -0.05) is 30.3 Å². The lowest BCUT2D eigenvalue weighted by atomic mass is 10.0. The summed E-state index contributed by atoms with van der Waals surface area (Å²) in [6.07, 6.45) is 8.80. The minimum Gasteiger partial charge on any atom is -0.381 e. The molecule has 1 aliphatic carbocycles. The van der Waals surface area contributed by atoms with Gasteiger partial charge in [-0.05, 0) is 30.9 Å². The third-order valence-electron chi connectivity index (χ3n) is 6.33. The van der Waals surface area contributed by atoms with E-state index in [4.69, 9.17) is 19.8 Å². The lowest BCUT2D eigenvalue weighted by Gasteiger charge is -2.16. The number of aromatic amines is 1. The van der Waals surface area contributed by atoms with Crippen LogP contribution in [0.1, 0.15) is 19.3 Å². The van der Waals surface area contributed by atoms with E-state index in [9.17, 15) is 0 Å². The fourth-order valence-electron chi connectivity index (χ4n) is 4.67. The van der Waals surface area contributed by atoms with Crippen LogP contribution in [-0.4, -0.2) is 49.0 Å². The molecule has 0 bridgehead atoms. The Morgan fingerprint density at radius 3 is 2.74 bits per heavy atom. The first-order chi connectivity index (χ1) is 16.7. The number of hydrogen-bond donors (Lipinski definition) is 2. The quantitative estimate of drug-likeness (QED) is 0.357. The molecule has 0 saturated heterocycles. The number of benzene rings is 1. The summed E-state index contributed by atoms with van der Waals surface area (Å²) in [6.45, 7) is 0. The van der Waals surface area contributed by atoms with Gasteiger partial charge in [-0.25, -0.2) is 15.0 Å². The van der Waals surface area contributed by atoms with Crippen LogP contribution in [0.3, 0.4) is 0 Å². The number of methoxy groups -OCH3 is 1. The van der Waals surface area contributed by atoms with E-state index in [0.29, 0.717) is 11.6 Å². The van der Waals surface area contributed by atoms with Crippen LogP contribution in [0, 0.1) is 0 Å². The van der Waals surface area contributed by atoms with Crippen molar-refractivity contribution in [1.82, 2.24) is 29.7 Å². The number of nitrogens with zero attached hydrogens (tertiary/aromatic N) is 5. The lowest BCUT2D eigenvalue weighted by Crippen LogP contribution is -2.18. The predicted octanol–water partition coefficient (Wildman–Crippen LogP) is 5.13. The van der Waals surface area contributed by atoms with Gasteiger partial charge in [0.15, 0.2) is 11.6 Å². The molecule has 5 aromatic rings. The van der Waals surface area contributed by atoms with Gasteiger partial charge in [0.2, 0.25) is 0 Å². The summed E-state index contributed by atoms with van der Waals surface area (Å²) in [6, 6.07) is 12.8. The van der Waals surface area contributed by atoms with Gasteiger partial charge in [0.25, 0.3) is 0 Å². The molecule has 0 amide bonds. The third-order valence-corrected chi connectivity index (χ3v) is 7.44. The van der Waals surface area contributed by atoms with Crippen molar-refractivity contribution in [2.45, 2.75) is 31.4 Å². The molecular weight excluding hydrogens is 446 g/mol. The van der Waals surface area contributed by atoms with Crippen molar-refractivity contribution in [3.05, 3.63) is 55.0 Å². The molecule has 1 saturated carbocycles. The molecule has 6 rings (SSSR count). The zero-order valence-corrected chi connectivity index (χ0v) is 19.8. The summed E-state index contributed by atoms with van der Waals surface area (Å²) in [5.74, 6) is 2.06. The van der Waals surface area contributed by atoms with E-state index in [-0.39, 0.29) is 12.1 Å². The van der Waals surface area contributed by atoms with Gasteiger partial charge in [-0.3, -0.25) is 4.68 Å². The summed E-state index contributed by atoms with van der Waals surface area (Å²) < 4.78 is 7.44. The van der Waals surface area contributed by atoms with Crippen LogP contribution in [0.25, 0.3) is 43.6 Å². The van der Waals surface area contributed by atoms with E-state index in [0.717, 1.165) is 57.0 Å². The predicted molar refractivity (Wildman–Crippen MR) is 135 cm³/mol. The molecule has 2 atom stereocenters. The number of nitrogens with one attached hydrogen (secondary N) is 2. The number of rotatable bonds is 6. The van der Waals surface area contributed by atoms with Crippen molar-refractivity contribution in [2.24, 2.45) is 7.05 Å². The first-order valence-electron chi connectivity index (χ1n) is 11.4. The van der Waals surface area contributed by atoms with Crippen LogP contribution in [-0.2, 0) is 11.8 Å². The third kappa shape index (κ3) is 3.76. The minimum atomic E-state index is 0.277. The second-order valence-corrected chi connectivity index (χ2v) is 9.57. The highest BCUT2D eigenvalue weighted by molar-refractivity contribution is 7.22. The number of ether oxygens (including phenoxy) is 1. The minimum absolute atomic E-state index is 0.277. The van der Waals surface area contributed by atoms with Crippen LogP contribution in [0.2, 0.25) is 0 Å². The monoisotopic (exact) mass is 471 g/mol. The Balaban J connectivity index is 1.59. The summed E-state index contributed by atoms with van der Waals surface area (Å²) in [5, 5.41) is 9.47. The van der Waals surface area contributed by atoms with Crippen molar-refractivity contribution in [1.29, 1.82) is 0 Å². The van der Waals surface area contributed by atoms with Crippen molar-refractivity contribution >= 4 is 27.4 Å². The Labute approximate surface area is 201 Å². The molecule has 172 valence electrons. The normalized spacial score (nSPS) is 18.1. The summed E-state index contributed by atoms with van der Waals surface area (Å²) in [5.41, 5.74) is 3.15. The van der Waals surface area contributed by atoms with Gasteiger partial charge in [0.05, 0.1) is 16.4 Å². The number of hydrogen-bond acceptors (Lipinski definition) is 7. The maximum absolute atomic E-state index is 5.61. The molecular formula is C25H25N7OS. The molecule has 0 radical (unpaired) electrons. The molecule has 8 nitrogen and oxygen atoms in total. The number of H-pyrrole nitrogens is 1. The Hall–Kier alpha value is -3.56. The first kappa shape index (κ1) is 21.0. The topological polar surface area (TPSA) is 93.5 Å². The molecule has 1 aliphatic rings. The van der Waals surface area contributed by atoms with Crippen molar-refractivity contribution in [2.75, 3.05) is 12.4 Å². The van der Waals surface area contributed by atoms with Crippen molar-refractivity contribution < 1.29 is 4.74 Å². The van der Waals surface area contributed by atoms with Gasteiger partial charge >= 0.3 is 0 Å². The SMILES string of the molecule is CO[C@H]1CC[C@@H](Nc2nc(-c3ncc[nH]3)nc3sc(-c4ccn(C)n4)c(-c4ccccc4)c23)C1. The second kappa shape index (κ2) is 8.66. The Bertz CT molecular complexity index is 1420. The molecule has 9 heteroatoms. The molecule has 1 fully saturated rings. The fraction of sp³-hybridized carbons (Fsp3) is 0.280. The van der Waals surface area contributed by atoms with Gasteiger partial charge in [0.1, 0.15) is 16.3 Å². The van der Waals surface area contributed by atoms with Gasteiger partial charge in [0, 0.05) is 44.4 Å². The molecule has 1 aromatic carbocycles. The molecule has 0 aliphatic heterocycles. The van der Waals surface area contributed by atoms with Crippen LogP contribution < -0.4 is 5.32 Å². The van der Waals surface area contributed by atoms with E-state index >= 15 is 0 Å². The van der Waals surface area contributed by atoms with Gasteiger partial charge in [-0.15, -0.1) is 11.3 Å². The maximum Gasteiger partial charge on any atom is 0.199 e. The lowest BCUT2D eigenvalue weighted by molar-refractivity contribution is 0.108. The van der Waals surface area contributed by atoms with E-state index in [2.05, 4.69) is 39.6 Å². The zero-order valence-electron chi connectivity index (χ0n) is 19.0. The molecule has 4 heterocycles. The Morgan fingerprint density at radius 1 is 1.15 bits per heavy atom. The van der Waals surface area contributed by atoms with Crippen LogP contribution >= 0.6 is 11.3 Å². The molecule has 0 spiro atoms. The van der Waals surface area contributed by atoms with Gasteiger partial charge in [-0.2, -0.15) is 5.10 Å². The highest BCUT2D eigenvalue weighted by Gasteiger charge is 2.28. The first-order valence-corrected chi connectivity index (χ1v) is 12.2. The summed E-state index contributed by atoms with van der Waals surface area (Å²) >= 11 is 1.64. The average molecular weight is 472 g/mol. The number of aryl methyl sites for hydroxylation is 1. The van der Waals surface area contributed by atoms with Crippen LogP contribution in [0.5, 0.6) is 0 Å². The fourth-order valence-corrected chi connectivity index (χ4v) is 5.84. The second-order valence-electron chi connectivity index (χ2n) is 8.57. The smallest absolute Gasteiger partial charge is 0.199 e. The highest BCUT2D eigenvalue weighted by Crippen LogP contribution is 2.46. The number of thiophene rings is 1. The molecule has 2 N–H and O–H groups in total. The average Bonchev–Trinajstić information content (AvgIpc) is 3.65.